The second kappa shape index (κ2) is 5.43. The molecule has 1 aliphatic heterocycles. The Morgan fingerprint density at radius 1 is 1.25 bits per heavy atom. The molecule has 1 aliphatic carbocycles. The van der Waals surface area contributed by atoms with Crippen molar-refractivity contribution in [3.8, 4) is 0 Å². The van der Waals surface area contributed by atoms with Gasteiger partial charge in [-0.1, -0.05) is 31.2 Å². The number of carboxylic acids is 2. The molecule has 4 atom stereocenters. The molecular formula is C17H16O7. The normalized spacial score (nSPS) is 29.4. The van der Waals surface area contributed by atoms with Crippen LogP contribution in [-0.2, 0) is 29.3 Å². The predicted octanol–water partition coefficient (Wildman–Crippen LogP) is 1.31. The first-order valence-electron chi connectivity index (χ1n) is 7.55. The number of hydrogen-bond acceptors (Lipinski definition) is 5. The van der Waals surface area contributed by atoms with Crippen LogP contribution in [-0.4, -0.2) is 34.1 Å². The lowest BCUT2D eigenvalue weighted by atomic mass is 9.58. The predicted molar refractivity (Wildman–Crippen MR) is 79.1 cm³/mol. The third-order valence-electron chi connectivity index (χ3n) is 5.16. The molecule has 3 rings (SSSR count). The van der Waals surface area contributed by atoms with Gasteiger partial charge in [0, 0.05) is 5.41 Å². The standard InChI is InChI=1S/C17H16O7/c1-17(11(14(20)21)6-12(18)19)7-9-13(16(23)24-15(9)22)8-4-2-3-5-10(8)17/h2-5,9,11,13H,6-7H2,1H3,(H,18,19)(H,20,21). The van der Waals surface area contributed by atoms with Crippen molar-refractivity contribution in [1.29, 1.82) is 0 Å². The zero-order valence-electron chi connectivity index (χ0n) is 12.9. The topological polar surface area (TPSA) is 118 Å². The number of esters is 2. The molecule has 1 heterocycles. The van der Waals surface area contributed by atoms with Gasteiger partial charge in [0.2, 0.25) is 0 Å². The maximum atomic E-state index is 12.0. The van der Waals surface area contributed by atoms with Gasteiger partial charge in [-0.25, -0.2) is 0 Å². The Morgan fingerprint density at radius 3 is 2.54 bits per heavy atom. The average Bonchev–Trinajstić information content (AvgIpc) is 2.79. The Kier molecular flexibility index (Phi) is 3.66. The molecule has 126 valence electrons. The SMILES string of the molecule is CC1(C(CC(=O)O)C(=O)O)CC2C(=O)OC(=O)C2c2ccccc21. The van der Waals surface area contributed by atoms with Crippen molar-refractivity contribution < 1.29 is 34.1 Å². The minimum atomic E-state index is -1.24. The van der Waals surface area contributed by atoms with Crippen LogP contribution in [0.5, 0.6) is 0 Å². The quantitative estimate of drug-likeness (QED) is 0.630. The van der Waals surface area contributed by atoms with Crippen LogP contribution in [0.4, 0.5) is 0 Å². The summed E-state index contributed by atoms with van der Waals surface area (Å²) in [5.41, 5.74) is 0.0429. The van der Waals surface area contributed by atoms with Gasteiger partial charge < -0.3 is 14.9 Å². The molecule has 1 fully saturated rings. The van der Waals surface area contributed by atoms with Gasteiger partial charge in [0.25, 0.3) is 0 Å². The molecule has 0 aromatic heterocycles. The van der Waals surface area contributed by atoms with Crippen LogP contribution in [0.15, 0.2) is 24.3 Å². The molecular weight excluding hydrogens is 316 g/mol. The minimum Gasteiger partial charge on any atom is -0.481 e. The van der Waals surface area contributed by atoms with E-state index in [-0.39, 0.29) is 6.42 Å². The third kappa shape index (κ3) is 2.28. The molecule has 4 unspecified atom stereocenters. The van der Waals surface area contributed by atoms with E-state index in [0.29, 0.717) is 11.1 Å². The lowest BCUT2D eigenvalue weighted by molar-refractivity contribution is -0.154. The largest absolute Gasteiger partial charge is 0.481 e. The lowest BCUT2D eigenvalue weighted by Crippen LogP contribution is -2.45. The summed E-state index contributed by atoms with van der Waals surface area (Å²) in [6.07, 6.45) is -0.510. The maximum Gasteiger partial charge on any atom is 0.321 e. The van der Waals surface area contributed by atoms with Gasteiger partial charge in [-0.2, -0.15) is 0 Å². The van der Waals surface area contributed by atoms with E-state index in [1.54, 1.807) is 31.2 Å². The highest BCUT2D eigenvalue weighted by atomic mass is 16.6. The number of cyclic esters (lactones) is 2. The highest BCUT2D eigenvalue weighted by Crippen LogP contribution is 2.53. The van der Waals surface area contributed by atoms with Crippen LogP contribution in [0, 0.1) is 11.8 Å². The first-order chi connectivity index (χ1) is 11.3. The van der Waals surface area contributed by atoms with E-state index in [9.17, 15) is 24.3 Å². The summed E-state index contributed by atoms with van der Waals surface area (Å²) < 4.78 is 4.74. The summed E-state index contributed by atoms with van der Waals surface area (Å²) in [6, 6.07) is 6.77. The zero-order valence-corrected chi connectivity index (χ0v) is 12.9. The van der Waals surface area contributed by atoms with E-state index in [1.165, 1.54) is 0 Å². The molecule has 0 saturated carbocycles. The number of carboxylic acid groups (broad SMARTS) is 2. The van der Waals surface area contributed by atoms with E-state index < -0.39 is 53.5 Å². The van der Waals surface area contributed by atoms with Crippen LogP contribution in [0.1, 0.15) is 36.8 Å². The van der Waals surface area contributed by atoms with E-state index in [2.05, 4.69) is 0 Å². The summed E-state index contributed by atoms with van der Waals surface area (Å²) in [4.78, 5) is 46.9. The molecule has 24 heavy (non-hydrogen) atoms. The number of rotatable bonds is 4. The van der Waals surface area contributed by atoms with Crippen molar-refractivity contribution in [3.63, 3.8) is 0 Å². The van der Waals surface area contributed by atoms with Gasteiger partial charge in [0.05, 0.1) is 24.2 Å². The number of carbonyl (C=O) groups is 4. The fraction of sp³-hybridized carbons (Fsp3) is 0.412. The number of ether oxygens (including phenoxy) is 1. The molecule has 0 amide bonds. The molecule has 0 spiro atoms. The van der Waals surface area contributed by atoms with Crippen molar-refractivity contribution in [2.45, 2.75) is 31.1 Å². The van der Waals surface area contributed by atoms with Crippen molar-refractivity contribution in [3.05, 3.63) is 35.4 Å². The molecule has 7 nitrogen and oxygen atoms in total. The summed E-state index contributed by atoms with van der Waals surface area (Å²) in [5.74, 6) is -6.54. The summed E-state index contributed by atoms with van der Waals surface area (Å²) >= 11 is 0. The molecule has 2 aliphatic rings. The Labute approximate surface area is 137 Å². The fourth-order valence-electron chi connectivity index (χ4n) is 4.03. The molecule has 1 aromatic rings. The highest BCUT2D eigenvalue weighted by Gasteiger charge is 2.56. The summed E-state index contributed by atoms with van der Waals surface area (Å²) in [7, 11) is 0. The smallest absolute Gasteiger partial charge is 0.321 e. The van der Waals surface area contributed by atoms with Gasteiger partial charge in [-0.15, -0.1) is 0 Å². The number of benzene rings is 1. The van der Waals surface area contributed by atoms with Crippen LogP contribution in [0.25, 0.3) is 0 Å². The Bertz CT molecular complexity index is 753. The van der Waals surface area contributed by atoms with Gasteiger partial charge >= 0.3 is 23.9 Å². The molecule has 1 saturated heterocycles. The average molecular weight is 332 g/mol. The van der Waals surface area contributed by atoms with Gasteiger partial charge in [0.1, 0.15) is 0 Å². The third-order valence-corrected chi connectivity index (χ3v) is 5.16. The van der Waals surface area contributed by atoms with Crippen molar-refractivity contribution >= 4 is 23.9 Å². The Morgan fingerprint density at radius 2 is 1.92 bits per heavy atom. The second-order valence-corrected chi connectivity index (χ2v) is 6.52. The summed E-state index contributed by atoms with van der Waals surface area (Å²) in [5, 5.41) is 18.7. The van der Waals surface area contributed by atoms with Crippen molar-refractivity contribution in [2.75, 3.05) is 0 Å². The van der Waals surface area contributed by atoms with E-state index in [0.717, 1.165) is 0 Å². The molecule has 7 heteroatoms. The van der Waals surface area contributed by atoms with E-state index >= 15 is 0 Å². The van der Waals surface area contributed by atoms with Crippen molar-refractivity contribution in [1.82, 2.24) is 0 Å². The zero-order chi connectivity index (χ0) is 17.6. The van der Waals surface area contributed by atoms with Gasteiger partial charge in [-0.05, 0) is 17.5 Å². The molecule has 1 aromatic carbocycles. The van der Waals surface area contributed by atoms with Crippen LogP contribution >= 0.6 is 0 Å². The number of fused-ring (bicyclic) bond motifs is 3. The van der Waals surface area contributed by atoms with E-state index in [1.807, 2.05) is 0 Å². The number of carbonyl (C=O) groups excluding carboxylic acids is 2. The number of hydrogen-bond donors (Lipinski definition) is 2. The molecule has 2 N–H and O–H groups in total. The van der Waals surface area contributed by atoms with Crippen LogP contribution in [0.2, 0.25) is 0 Å². The lowest BCUT2D eigenvalue weighted by Gasteiger charge is -2.42. The summed E-state index contributed by atoms with van der Waals surface area (Å²) in [6.45, 7) is 1.64. The van der Waals surface area contributed by atoms with Gasteiger partial charge in [0.15, 0.2) is 0 Å². The van der Waals surface area contributed by atoms with Crippen LogP contribution < -0.4 is 0 Å². The Balaban J connectivity index is 2.17. The minimum absolute atomic E-state index is 0.0590. The van der Waals surface area contributed by atoms with E-state index in [4.69, 9.17) is 9.84 Å². The molecule has 0 bridgehead atoms. The van der Waals surface area contributed by atoms with Gasteiger partial charge in [-0.3, -0.25) is 19.2 Å². The molecule has 0 radical (unpaired) electrons. The Hall–Kier alpha value is -2.70. The monoisotopic (exact) mass is 332 g/mol. The number of aliphatic carboxylic acids is 2. The van der Waals surface area contributed by atoms with Crippen LogP contribution in [0.3, 0.4) is 0 Å². The maximum absolute atomic E-state index is 12.0. The fourth-order valence-corrected chi connectivity index (χ4v) is 4.03. The first kappa shape index (κ1) is 16.2. The second-order valence-electron chi connectivity index (χ2n) is 6.52. The first-order valence-corrected chi connectivity index (χ1v) is 7.55. The highest BCUT2D eigenvalue weighted by molar-refractivity contribution is 6.00. The van der Waals surface area contributed by atoms with Crippen molar-refractivity contribution in [2.24, 2.45) is 11.8 Å².